The molecule has 3 nitrogen and oxygen atoms in total. The first kappa shape index (κ1) is 16.1. The monoisotopic (exact) mass is 391 g/mol. The third-order valence-corrected chi connectivity index (χ3v) is 4.90. The summed E-state index contributed by atoms with van der Waals surface area (Å²) < 4.78 is 7.50. The second-order valence-corrected chi connectivity index (χ2v) is 7.81. The molecule has 20 heavy (non-hydrogen) atoms. The van der Waals surface area contributed by atoms with Gasteiger partial charge in [-0.2, -0.15) is 0 Å². The number of carbonyl (C=O) groups excluding carboxylic acids is 1. The maximum Gasteiger partial charge on any atom is 0.407 e. The molecule has 0 bridgehead atoms. The molecule has 0 spiro atoms. The quantitative estimate of drug-likeness (QED) is 0.696. The molecule has 0 radical (unpaired) electrons. The molecule has 1 amide bonds. The van der Waals surface area contributed by atoms with Crippen LogP contribution in [0.2, 0.25) is 0 Å². The van der Waals surface area contributed by atoms with Crippen LogP contribution < -0.4 is 5.32 Å². The second-order valence-electron chi connectivity index (χ2n) is 7.09. The lowest BCUT2D eigenvalue weighted by atomic mass is 9.78. The van der Waals surface area contributed by atoms with Gasteiger partial charge in [0.25, 0.3) is 0 Å². The number of carbonyl (C=O) groups is 1. The van der Waals surface area contributed by atoms with Gasteiger partial charge >= 0.3 is 6.09 Å². The van der Waals surface area contributed by atoms with Gasteiger partial charge in [-0.1, -0.05) is 47.9 Å². The van der Waals surface area contributed by atoms with Gasteiger partial charge in [-0.05, 0) is 49.5 Å². The van der Waals surface area contributed by atoms with Crippen molar-refractivity contribution in [1.29, 1.82) is 0 Å². The zero-order chi connectivity index (χ0) is 14.8. The number of fused-ring (bicyclic) bond motifs is 1. The van der Waals surface area contributed by atoms with E-state index in [4.69, 9.17) is 4.74 Å². The highest BCUT2D eigenvalue weighted by molar-refractivity contribution is 14.1. The van der Waals surface area contributed by atoms with Crippen LogP contribution in [0.3, 0.4) is 0 Å². The van der Waals surface area contributed by atoms with Gasteiger partial charge < -0.3 is 10.1 Å². The molecule has 2 aliphatic carbocycles. The Bertz CT molecular complexity index is 375. The van der Waals surface area contributed by atoms with Crippen molar-refractivity contribution in [2.24, 2.45) is 17.8 Å². The molecule has 0 unspecified atom stereocenters. The Morgan fingerprint density at radius 3 is 2.65 bits per heavy atom. The Kier molecular flexibility index (Phi) is 5.37. The molecule has 0 saturated heterocycles. The first-order valence-corrected chi connectivity index (χ1v) is 8.91. The lowest BCUT2D eigenvalue weighted by Gasteiger charge is -2.28. The molecule has 1 N–H and O–H groups in total. The van der Waals surface area contributed by atoms with Crippen LogP contribution >= 0.6 is 22.6 Å². The Balaban J connectivity index is 2.00. The minimum Gasteiger partial charge on any atom is -0.444 e. The lowest BCUT2D eigenvalue weighted by Crippen LogP contribution is -2.41. The highest BCUT2D eigenvalue weighted by atomic mass is 127. The van der Waals surface area contributed by atoms with Crippen molar-refractivity contribution in [1.82, 2.24) is 5.32 Å². The molecule has 2 saturated carbocycles. The van der Waals surface area contributed by atoms with E-state index in [1.54, 1.807) is 0 Å². The predicted octanol–water partition coefficient (Wildman–Crippen LogP) is 4.65. The minimum absolute atomic E-state index is 0.240. The Labute approximate surface area is 136 Å². The molecule has 2 rings (SSSR count). The summed E-state index contributed by atoms with van der Waals surface area (Å²) in [6.45, 7) is 5.72. The Morgan fingerprint density at radius 2 is 2.00 bits per heavy atom. The van der Waals surface area contributed by atoms with Crippen LogP contribution in [0.1, 0.15) is 52.9 Å². The topological polar surface area (TPSA) is 38.3 Å². The summed E-state index contributed by atoms with van der Waals surface area (Å²) in [5, 5.41) is 3.11. The minimum atomic E-state index is -0.427. The molecular formula is C16H26INO2. The molecule has 0 aromatic heterocycles. The van der Waals surface area contributed by atoms with Gasteiger partial charge in [-0.3, -0.25) is 0 Å². The number of nitrogens with one attached hydrogen (secondary N) is 1. The van der Waals surface area contributed by atoms with E-state index >= 15 is 0 Å². The van der Waals surface area contributed by atoms with E-state index in [-0.39, 0.29) is 12.1 Å². The first-order chi connectivity index (χ1) is 9.40. The number of alkyl carbamates (subject to hydrolysis) is 1. The third-order valence-electron chi connectivity index (χ3n) is 4.48. The van der Waals surface area contributed by atoms with E-state index in [1.165, 1.54) is 25.7 Å². The summed E-state index contributed by atoms with van der Waals surface area (Å²) in [5.41, 5.74) is -0.427. The van der Waals surface area contributed by atoms with E-state index in [0.29, 0.717) is 5.92 Å². The number of rotatable bonds is 2. The highest BCUT2D eigenvalue weighted by Crippen LogP contribution is 2.46. The van der Waals surface area contributed by atoms with Crippen molar-refractivity contribution in [3.63, 3.8) is 0 Å². The zero-order valence-corrected chi connectivity index (χ0v) is 14.9. The van der Waals surface area contributed by atoms with Crippen molar-refractivity contribution < 1.29 is 9.53 Å². The second kappa shape index (κ2) is 6.67. The fourth-order valence-corrected chi connectivity index (χ4v) is 4.27. The summed E-state index contributed by atoms with van der Waals surface area (Å²) in [6, 6.07) is 0.240. The fourth-order valence-electron chi connectivity index (χ4n) is 3.79. The van der Waals surface area contributed by atoms with Crippen molar-refractivity contribution >= 4 is 28.7 Å². The van der Waals surface area contributed by atoms with Crippen LogP contribution in [0.25, 0.3) is 0 Å². The van der Waals surface area contributed by atoms with E-state index in [2.05, 4.69) is 38.1 Å². The number of hydrogen-bond donors (Lipinski definition) is 1. The van der Waals surface area contributed by atoms with Gasteiger partial charge in [0.1, 0.15) is 5.60 Å². The maximum absolute atomic E-state index is 12.0. The maximum atomic E-state index is 12.0. The van der Waals surface area contributed by atoms with Gasteiger partial charge in [0.15, 0.2) is 0 Å². The van der Waals surface area contributed by atoms with Gasteiger partial charge in [0, 0.05) is 12.0 Å². The van der Waals surface area contributed by atoms with Crippen LogP contribution in [0.4, 0.5) is 4.79 Å². The summed E-state index contributed by atoms with van der Waals surface area (Å²) in [4.78, 5) is 12.0. The Morgan fingerprint density at radius 1 is 1.30 bits per heavy atom. The lowest BCUT2D eigenvalue weighted by molar-refractivity contribution is 0.0495. The average molecular weight is 391 g/mol. The van der Waals surface area contributed by atoms with Crippen LogP contribution in [0.5, 0.6) is 0 Å². The Hall–Kier alpha value is -0.260. The summed E-state index contributed by atoms with van der Waals surface area (Å²) in [6.07, 6.45) is 8.43. The van der Waals surface area contributed by atoms with Crippen molar-refractivity contribution in [3.8, 4) is 0 Å². The molecular weight excluding hydrogens is 365 g/mol. The number of amides is 1. The van der Waals surface area contributed by atoms with E-state index in [0.717, 1.165) is 18.3 Å². The molecule has 4 heteroatoms. The molecule has 114 valence electrons. The molecule has 2 aliphatic rings. The van der Waals surface area contributed by atoms with E-state index in [9.17, 15) is 4.79 Å². The summed E-state index contributed by atoms with van der Waals surface area (Å²) >= 11 is 2.28. The zero-order valence-electron chi connectivity index (χ0n) is 12.7. The highest BCUT2D eigenvalue weighted by Gasteiger charge is 2.43. The van der Waals surface area contributed by atoms with Crippen LogP contribution in [0.15, 0.2) is 10.2 Å². The van der Waals surface area contributed by atoms with Crippen molar-refractivity contribution in [2.75, 3.05) is 0 Å². The van der Waals surface area contributed by atoms with Crippen molar-refractivity contribution in [3.05, 3.63) is 10.2 Å². The third kappa shape index (κ3) is 4.12. The largest absolute Gasteiger partial charge is 0.444 e. The number of halogens is 1. The number of hydrogen-bond acceptors (Lipinski definition) is 2. The molecule has 2 fully saturated rings. The number of ether oxygens (including phenoxy) is 1. The average Bonchev–Trinajstić information content (AvgIpc) is 2.66. The SMILES string of the molecule is CC(C)(C)OC(=O)N[C@H]1C[C@H]2CCCC[C@@H]2[C@H]1/C=C/I. The summed E-state index contributed by atoms with van der Waals surface area (Å²) in [5.74, 6) is 2.00. The van der Waals surface area contributed by atoms with Gasteiger partial charge in [-0.15, -0.1) is 0 Å². The van der Waals surface area contributed by atoms with E-state index < -0.39 is 5.60 Å². The normalized spacial score (nSPS) is 34.0. The standard InChI is InChI=1S/C16H26INO2/c1-16(2,3)20-15(19)18-14-10-11-6-4-5-7-12(11)13(14)8-9-17/h8-9,11-14H,4-7,10H2,1-3H3,(H,18,19)/b9-8+/t11-,12+,13-,14+/m1/s1. The van der Waals surface area contributed by atoms with Gasteiger partial charge in [0.2, 0.25) is 0 Å². The molecule has 0 aliphatic heterocycles. The first-order valence-electron chi connectivity index (χ1n) is 7.67. The van der Waals surface area contributed by atoms with Crippen LogP contribution in [-0.4, -0.2) is 17.7 Å². The molecule has 0 aromatic rings. The summed E-state index contributed by atoms with van der Waals surface area (Å²) in [7, 11) is 0. The van der Waals surface area contributed by atoms with Crippen LogP contribution in [-0.2, 0) is 4.74 Å². The molecule has 0 aromatic carbocycles. The molecule has 0 heterocycles. The van der Waals surface area contributed by atoms with Crippen LogP contribution in [0, 0.1) is 17.8 Å². The smallest absolute Gasteiger partial charge is 0.407 e. The van der Waals surface area contributed by atoms with E-state index in [1.807, 2.05) is 20.8 Å². The van der Waals surface area contributed by atoms with Gasteiger partial charge in [0.05, 0.1) is 0 Å². The van der Waals surface area contributed by atoms with Gasteiger partial charge in [-0.25, -0.2) is 4.79 Å². The molecule has 4 atom stereocenters. The fraction of sp³-hybridized carbons (Fsp3) is 0.812. The van der Waals surface area contributed by atoms with Crippen molar-refractivity contribution in [2.45, 2.75) is 64.5 Å². The predicted molar refractivity (Wildman–Crippen MR) is 89.9 cm³/mol.